The van der Waals surface area contributed by atoms with Crippen LogP contribution >= 0.6 is 11.3 Å². The van der Waals surface area contributed by atoms with Gasteiger partial charge in [-0.15, -0.1) is 11.3 Å². The third-order valence-electron chi connectivity index (χ3n) is 3.34. The number of thiazole rings is 1. The van der Waals surface area contributed by atoms with Gasteiger partial charge >= 0.3 is 0 Å². The van der Waals surface area contributed by atoms with E-state index in [1.165, 1.54) is 11.3 Å². The summed E-state index contributed by atoms with van der Waals surface area (Å²) in [6.45, 7) is 0.800. The first-order chi connectivity index (χ1) is 9.15. The van der Waals surface area contributed by atoms with Crippen molar-refractivity contribution in [3.8, 4) is 0 Å². The number of fused-ring (bicyclic) bond motifs is 1. The molecule has 6 heteroatoms. The Labute approximate surface area is 114 Å². The van der Waals surface area contributed by atoms with Crippen LogP contribution in [0.15, 0.2) is 24.3 Å². The second-order valence-corrected chi connectivity index (χ2v) is 5.77. The van der Waals surface area contributed by atoms with Gasteiger partial charge < -0.3 is 5.73 Å². The number of amides is 1. The Morgan fingerprint density at radius 3 is 2.95 bits per heavy atom. The van der Waals surface area contributed by atoms with Gasteiger partial charge in [0.15, 0.2) is 0 Å². The summed E-state index contributed by atoms with van der Waals surface area (Å²) in [6.07, 6.45) is -0.425. The summed E-state index contributed by atoms with van der Waals surface area (Å²) < 4.78 is 14.3. The highest BCUT2D eigenvalue weighted by molar-refractivity contribution is 7.18. The molecule has 4 nitrogen and oxygen atoms in total. The number of halogens is 1. The highest BCUT2D eigenvalue weighted by atomic mass is 32.1. The van der Waals surface area contributed by atoms with Crippen molar-refractivity contribution in [2.75, 3.05) is 13.1 Å². The average Bonchev–Trinajstić information content (AvgIpc) is 2.95. The Morgan fingerprint density at radius 2 is 2.32 bits per heavy atom. The van der Waals surface area contributed by atoms with Crippen LogP contribution in [0, 0.1) is 0 Å². The zero-order chi connectivity index (χ0) is 13.4. The molecule has 0 bridgehead atoms. The number of nitrogens with two attached hydrogens (primary N) is 1. The summed E-state index contributed by atoms with van der Waals surface area (Å²) in [6, 6.07) is 7.07. The number of likely N-dealkylation sites (tertiary alicyclic amines) is 1. The summed E-state index contributed by atoms with van der Waals surface area (Å²) in [5, 5.41) is 0.655. The summed E-state index contributed by atoms with van der Waals surface area (Å²) >= 11 is 1.45. The molecule has 1 aliphatic heterocycles. The number of para-hydroxylation sites is 1. The van der Waals surface area contributed by atoms with Crippen molar-refractivity contribution in [2.24, 2.45) is 5.73 Å². The topological polar surface area (TPSA) is 59.2 Å². The molecular formula is C13H14FN3OS. The van der Waals surface area contributed by atoms with E-state index in [-0.39, 0.29) is 6.54 Å². The quantitative estimate of drug-likeness (QED) is 0.933. The van der Waals surface area contributed by atoms with Gasteiger partial charge in [0.2, 0.25) is 5.91 Å². The van der Waals surface area contributed by atoms with E-state index >= 15 is 0 Å². The van der Waals surface area contributed by atoms with Crippen molar-refractivity contribution in [3.63, 3.8) is 0 Å². The maximum absolute atomic E-state index is 13.3. The second-order valence-electron chi connectivity index (χ2n) is 4.71. The number of primary amides is 1. The third-order valence-corrected chi connectivity index (χ3v) is 4.43. The van der Waals surface area contributed by atoms with E-state index in [1.807, 2.05) is 24.3 Å². The average molecular weight is 279 g/mol. The Balaban J connectivity index is 1.97. The number of alkyl halides is 1. The third kappa shape index (κ3) is 2.33. The van der Waals surface area contributed by atoms with Gasteiger partial charge in [0.25, 0.3) is 0 Å². The first-order valence-electron chi connectivity index (χ1n) is 6.18. The van der Waals surface area contributed by atoms with Gasteiger partial charge in [-0.25, -0.2) is 9.37 Å². The summed E-state index contributed by atoms with van der Waals surface area (Å²) in [5.41, 5.74) is 6.33. The molecule has 0 saturated carbocycles. The van der Waals surface area contributed by atoms with E-state index in [2.05, 4.69) is 4.98 Å². The molecule has 0 aliphatic carbocycles. The molecule has 1 saturated heterocycles. The molecule has 2 unspecified atom stereocenters. The number of carbonyl (C=O) groups excluding carboxylic acids is 1. The van der Waals surface area contributed by atoms with Crippen LogP contribution in [-0.4, -0.2) is 35.1 Å². The maximum atomic E-state index is 13.3. The van der Waals surface area contributed by atoms with Crippen molar-refractivity contribution in [2.45, 2.75) is 18.6 Å². The lowest BCUT2D eigenvalue weighted by Crippen LogP contribution is -2.36. The zero-order valence-corrected chi connectivity index (χ0v) is 11.1. The van der Waals surface area contributed by atoms with E-state index in [9.17, 15) is 9.18 Å². The van der Waals surface area contributed by atoms with E-state index in [0.29, 0.717) is 18.0 Å². The van der Waals surface area contributed by atoms with Gasteiger partial charge in [-0.2, -0.15) is 0 Å². The number of carbonyl (C=O) groups is 1. The van der Waals surface area contributed by atoms with Gasteiger partial charge in [0.05, 0.1) is 10.2 Å². The number of nitrogens with zero attached hydrogens (tertiary/aromatic N) is 2. The predicted octanol–water partition coefficient (Wildman–Crippen LogP) is 1.87. The molecule has 2 heterocycles. The van der Waals surface area contributed by atoms with Crippen molar-refractivity contribution in [1.82, 2.24) is 9.88 Å². The standard InChI is InChI=1S/C13H14FN3OS/c14-8-5-6-17(7-8)11(12(15)18)13-16-9-3-1-2-4-10(9)19-13/h1-4,8,11H,5-7H2,(H2,15,18). The predicted molar refractivity (Wildman–Crippen MR) is 72.6 cm³/mol. The molecular weight excluding hydrogens is 265 g/mol. The molecule has 1 aromatic heterocycles. The fourth-order valence-electron chi connectivity index (χ4n) is 2.44. The minimum Gasteiger partial charge on any atom is -0.368 e. The molecule has 0 spiro atoms. The molecule has 2 aromatic rings. The number of rotatable bonds is 3. The summed E-state index contributed by atoms with van der Waals surface area (Å²) in [4.78, 5) is 17.9. The lowest BCUT2D eigenvalue weighted by atomic mass is 10.2. The van der Waals surface area contributed by atoms with Crippen molar-refractivity contribution >= 4 is 27.5 Å². The van der Waals surface area contributed by atoms with Gasteiger partial charge in [0, 0.05) is 13.1 Å². The molecule has 1 fully saturated rings. The van der Waals surface area contributed by atoms with Crippen molar-refractivity contribution in [1.29, 1.82) is 0 Å². The first kappa shape index (κ1) is 12.5. The van der Waals surface area contributed by atoms with Crippen LogP contribution in [0.1, 0.15) is 17.5 Å². The fourth-order valence-corrected chi connectivity index (χ4v) is 3.55. The maximum Gasteiger partial charge on any atom is 0.241 e. The highest BCUT2D eigenvalue weighted by Gasteiger charge is 2.34. The first-order valence-corrected chi connectivity index (χ1v) is 6.99. The van der Waals surface area contributed by atoms with Crippen LogP contribution in [0.5, 0.6) is 0 Å². The van der Waals surface area contributed by atoms with Crippen LogP contribution in [0.3, 0.4) is 0 Å². The minimum absolute atomic E-state index is 0.254. The molecule has 2 atom stereocenters. The molecule has 100 valence electrons. The van der Waals surface area contributed by atoms with Crippen LogP contribution < -0.4 is 5.73 Å². The molecule has 3 rings (SSSR count). The Bertz CT molecular complexity index is 582. The second kappa shape index (κ2) is 4.86. The van der Waals surface area contributed by atoms with Crippen LogP contribution in [-0.2, 0) is 4.79 Å². The van der Waals surface area contributed by atoms with Gasteiger partial charge in [-0.1, -0.05) is 12.1 Å². The molecule has 1 aliphatic rings. The van der Waals surface area contributed by atoms with Crippen LogP contribution in [0.2, 0.25) is 0 Å². The largest absolute Gasteiger partial charge is 0.368 e. The fraction of sp³-hybridized carbons (Fsp3) is 0.385. The van der Waals surface area contributed by atoms with Crippen LogP contribution in [0.25, 0.3) is 10.2 Å². The highest BCUT2D eigenvalue weighted by Crippen LogP contribution is 2.31. The minimum atomic E-state index is -0.878. The summed E-state index contributed by atoms with van der Waals surface area (Å²) in [5.74, 6) is -0.465. The Hall–Kier alpha value is -1.53. The zero-order valence-electron chi connectivity index (χ0n) is 10.3. The smallest absolute Gasteiger partial charge is 0.241 e. The van der Waals surface area contributed by atoms with Crippen molar-refractivity contribution in [3.05, 3.63) is 29.3 Å². The number of aromatic nitrogens is 1. The lowest BCUT2D eigenvalue weighted by Gasteiger charge is -2.22. The molecule has 19 heavy (non-hydrogen) atoms. The van der Waals surface area contributed by atoms with Crippen LogP contribution in [0.4, 0.5) is 4.39 Å². The number of hydrogen-bond acceptors (Lipinski definition) is 4. The monoisotopic (exact) mass is 279 g/mol. The van der Waals surface area contributed by atoms with E-state index in [4.69, 9.17) is 5.73 Å². The van der Waals surface area contributed by atoms with E-state index in [1.54, 1.807) is 4.90 Å². The molecule has 0 radical (unpaired) electrons. The molecule has 1 amide bonds. The normalized spacial score (nSPS) is 21.8. The van der Waals surface area contributed by atoms with Gasteiger partial charge in [0.1, 0.15) is 17.2 Å². The van der Waals surface area contributed by atoms with Crippen molar-refractivity contribution < 1.29 is 9.18 Å². The molecule has 1 aromatic carbocycles. The Morgan fingerprint density at radius 1 is 1.53 bits per heavy atom. The number of hydrogen-bond donors (Lipinski definition) is 1. The lowest BCUT2D eigenvalue weighted by molar-refractivity contribution is -0.123. The summed E-state index contributed by atoms with van der Waals surface area (Å²) in [7, 11) is 0. The van der Waals surface area contributed by atoms with E-state index in [0.717, 1.165) is 10.2 Å². The SMILES string of the molecule is NC(=O)C(c1nc2ccccc2s1)N1CCC(F)C1. The Kier molecular flexibility index (Phi) is 3.20. The number of benzene rings is 1. The molecule has 2 N–H and O–H groups in total. The van der Waals surface area contributed by atoms with Gasteiger partial charge in [-0.05, 0) is 18.6 Å². The van der Waals surface area contributed by atoms with Gasteiger partial charge in [-0.3, -0.25) is 9.69 Å². The van der Waals surface area contributed by atoms with E-state index < -0.39 is 18.1 Å².